The third-order valence-electron chi connectivity index (χ3n) is 8.68. The lowest BCUT2D eigenvalue weighted by molar-refractivity contribution is -0.164. The molecule has 0 aromatic rings. The van der Waals surface area contributed by atoms with Crippen LogP contribution in [0, 0.1) is 34.5 Å². The van der Waals surface area contributed by atoms with Gasteiger partial charge in [-0.2, -0.15) is 0 Å². The van der Waals surface area contributed by atoms with Gasteiger partial charge in [-0.05, 0) is 73.0 Å². The molecule has 1 saturated heterocycles. The third kappa shape index (κ3) is 2.08. The summed E-state index contributed by atoms with van der Waals surface area (Å²) in [6.45, 7) is 7.32. The molecule has 3 aliphatic carbocycles. The highest BCUT2D eigenvalue weighted by molar-refractivity contribution is 5.77. The summed E-state index contributed by atoms with van der Waals surface area (Å²) in [5.74, 6) is 3.17. The van der Waals surface area contributed by atoms with Crippen LogP contribution in [0.3, 0.4) is 0 Å². The monoisotopic (exact) mass is 319 g/mol. The van der Waals surface area contributed by atoms with Crippen LogP contribution in [0.25, 0.3) is 0 Å². The SMILES string of the molecule is C[C@H]1C[C@H]2N(C)C(=O)CC[C@]2(C)[C@H]2CC[C@]3(C)C[C@@H](O)C[C@H]3C12. The maximum atomic E-state index is 12.2. The molecule has 1 amide bonds. The van der Waals surface area contributed by atoms with E-state index < -0.39 is 0 Å². The van der Waals surface area contributed by atoms with E-state index in [0.29, 0.717) is 29.2 Å². The zero-order valence-corrected chi connectivity index (χ0v) is 15.2. The number of likely N-dealkylation sites (tertiary alicyclic amines) is 1. The molecule has 0 spiro atoms. The molecule has 1 heterocycles. The molecule has 3 heteroatoms. The van der Waals surface area contributed by atoms with Crippen molar-refractivity contribution in [2.75, 3.05) is 7.05 Å². The largest absolute Gasteiger partial charge is 0.393 e. The van der Waals surface area contributed by atoms with Crippen LogP contribution in [-0.2, 0) is 4.79 Å². The van der Waals surface area contributed by atoms with Crippen LogP contribution in [0.15, 0.2) is 0 Å². The fourth-order valence-electron chi connectivity index (χ4n) is 7.49. The standard InChI is InChI=1S/C20H33NO2/c1-12-9-16-20(3,8-6-17(23)21(16)4)14-5-7-19(2)11-13(22)10-15(19)18(12)14/h12-16,18,22H,5-11H2,1-4H3/t12-,13-,14-,15-,16+,18?,19+,20+/m0/s1. The average molecular weight is 319 g/mol. The lowest BCUT2D eigenvalue weighted by atomic mass is 9.45. The lowest BCUT2D eigenvalue weighted by Crippen LogP contribution is -2.62. The summed E-state index contributed by atoms with van der Waals surface area (Å²) in [5.41, 5.74) is 0.642. The summed E-state index contributed by atoms with van der Waals surface area (Å²) >= 11 is 0. The van der Waals surface area contributed by atoms with E-state index in [-0.39, 0.29) is 11.5 Å². The van der Waals surface area contributed by atoms with Crippen molar-refractivity contribution >= 4 is 5.91 Å². The van der Waals surface area contributed by atoms with Crippen LogP contribution in [0.2, 0.25) is 0 Å². The van der Waals surface area contributed by atoms with Crippen LogP contribution in [0.1, 0.15) is 65.7 Å². The Labute approximate surface area is 140 Å². The summed E-state index contributed by atoms with van der Waals surface area (Å²) in [7, 11) is 2.03. The number of amides is 1. The van der Waals surface area contributed by atoms with Crippen molar-refractivity contribution in [1.29, 1.82) is 0 Å². The third-order valence-corrected chi connectivity index (χ3v) is 8.68. The summed E-state index contributed by atoms with van der Waals surface area (Å²) in [6, 6.07) is 0.427. The predicted octanol–water partition coefficient (Wildman–Crippen LogP) is 3.46. The highest BCUT2D eigenvalue weighted by Crippen LogP contribution is 2.65. The number of hydrogen-bond donors (Lipinski definition) is 1. The molecule has 8 atom stereocenters. The molecule has 1 N–H and O–H groups in total. The van der Waals surface area contributed by atoms with Gasteiger partial charge in [0, 0.05) is 19.5 Å². The summed E-state index contributed by atoms with van der Waals surface area (Å²) in [4.78, 5) is 14.3. The molecule has 0 aromatic carbocycles. The molecule has 4 rings (SSSR count). The Bertz CT molecular complexity index is 520. The second-order valence-electron chi connectivity index (χ2n) is 9.82. The number of rotatable bonds is 0. The van der Waals surface area contributed by atoms with E-state index in [1.165, 1.54) is 12.8 Å². The Morgan fingerprint density at radius 2 is 1.91 bits per heavy atom. The van der Waals surface area contributed by atoms with E-state index >= 15 is 0 Å². The molecule has 4 aliphatic rings. The van der Waals surface area contributed by atoms with Crippen LogP contribution in [0.5, 0.6) is 0 Å². The Kier molecular flexibility index (Phi) is 3.44. The molecule has 4 fully saturated rings. The van der Waals surface area contributed by atoms with Crippen molar-refractivity contribution in [2.24, 2.45) is 34.5 Å². The van der Waals surface area contributed by atoms with E-state index in [4.69, 9.17) is 0 Å². The lowest BCUT2D eigenvalue weighted by Gasteiger charge is -2.63. The second-order valence-corrected chi connectivity index (χ2v) is 9.82. The topological polar surface area (TPSA) is 40.5 Å². The van der Waals surface area contributed by atoms with Gasteiger partial charge in [-0.15, -0.1) is 0 Å². The van der Waals surface area contributed by atoms with Gasteiger partial charge in [-0.25, -0.2) is 0 Å². The van der Waals surface area contributed by atoms with Crippen molar-refractivity contribution in [2.45, 2.75) is 77.9 Å². The Morgan fingerprint density at radius 3 is 2.65 bits per heavy atom. The minimum Gasteiger partial charge on any atom is -0.393 e. The van der Waals surface area contributed by atoms with E-state index in [0.717, 1.165) is 43.9 Å². The zero-order valence-electron chi connectivity index (χ0n) is 15.2. The summed E-state index contributed by atoms with van der Waals surface area (Å²) < 4.78 is 0. The average Bonchev–Trinajstić information content (AvgIpc) is 2.80. The summed E-state index contributed by atoms with van der Waals surface area (Å²) in [6.07, 6.45) is 7.45. The van der Waals surface area contributed by atoms with Gasteiger partial charge in [-0.3, -0.25) is 4.79 Å². The van der Waals surface area contributed by atoms with Crippen molar-refractivity contribution in [1.82, 2.24) is 4.90 Å². The minimum atomic E-state index is -0.0860. The molecular formula is C20H33NO2. The molecular weight excluding hydrogens is 286 g/mol. The number of carbonyl (C=O) groups excluding carboxylic acids is 1. The van der Waals surface area contributed by atoms with Gasteiger partial charge in [0.2, 0.25) is 5.91 Å². The molecule has 3 nitrogen and oxygen atoms in total. The van der Waals surface area contributed by atoms with E-state index in [2.05, 4.69) is 25.7 Å². The number of carbonyl (C=O) groups is 1. The predicted molar refractivity (Wildman–Crippen MR) is 90.7 cm³/mol. The van der Waals surface area contributed by atoms with E-state index in [1.54, 1.807) is 0 Å². The molecule has 23 heavy (non-hydrogen) atoms. The zero-order chi connectivity index (χ0) is 16.6. The number of fused-ring (bicyclic) bond motifs is 5. The van der Waals surface area contributed by atoms with Gasteiger partial charge in [0.15, 0.2) is 0 Å². The summed E-state index contributed by atoms with van der Waals surface area (Å²) in [5, 5.41) is 10.3. The normalized spacial score (nSPS) is 56.0. The Balaban J connectivity index is 1.70. The number of piperidine rings is 1. The van der Waals surface area contributed by atoms with Gasteiger partial charge in [0.05, 0.1) is 6.10 Å². The number of aliphatic hydroxyl groups excluding tert-OH is 1. The maximum absolute atomic E-state index is 12.2. The first-order valence-corrected chi connectivity index (χ1v) is 9.70. The molecule has 0 aromatic heterocycles. The van der Waals surface area contributed by atoms with Crippen LogP contribution in [-0.4, -0.2) is 35.1 Å². The first-order chi connectivity index (χ1) is 10.8. The number of nitrogens with zero attached hydrogens (tertiary/aromatic N) is 1. The highest BCUT2D eigenvalue weighted by Gasteiger charge is 2.61. The minimum absolute atomic E-state index is 0.0860. The van der Waals surface area contributed by atoms with Crippen molar-refractivity contribution < 1.29 is 9.90 Å². The number of aliphatic hydroxyl groups is 1. The van der Waals surface area contributed by atoms with Crippen LogP contribution in [0.4, 0.5) is 0 Å². The van der Waals surface area contributed by atoms with E-state index in [9.17, 15) is 9.90 Å². The fraction of sp³-hybridized carbons (Fsp3) is 0.950. The molecule has 130 valence electrons. The first-order valence-electron chi connectivity index (χ1n) is 9.70. The van der Waals surface area contributed by atoms with Gasteiger partial charge in [-0.1, -0.05) is 20.8 Å². The second kappa shape index (κ2) is 4.97. The van der Waals surface area contributed by atoms with Gasteiger partial charge < -0.3 is 10.0 Å². The molecule has 1 unspecified atom stereocenters. The van der Waals surface area contributed by atoms with Crippen molar-refractivity contribution in [3.63, 3.8) is 0 Å². The smallest absolute Gasteiger partial charge is 0.222 e. The molecule has 0 bridgehead atoms. The fourth-order valence-corrected chi connectivity index (χ4v) is 7.49. The molecule has 1 aliphatic heterocycles. The van der Waals surface area contributed by atoms with Gasteiger partial charge in [0.25, 0.3) is 0 Å². The Hall–Kier alpha value is -0.570. The van der Waals surface area contributed by atoms with Crippen molar-refractivity contribution in [3.05, 3.63) is 0 Å². The molecule has 3 saturated carbocycles. The van der Waals surface area contributed by atoms with Gasteiger partial charge >= 0.3 is 0 Å². The van der Waals surface area contributed by atoms with Crippen LogP contribution >= 0.6 is 0 Å². The quantitative estimate of drug-likeness (QED) is 0.743. The molecule has 0 radical (unpaired) electrons. The highest BCUT2D eigenvalue weighted by atomic mass is 16.3. The number of hydrogen-bond acceptors (Lipinski definition) is 2. The van der Waals surface area contributed by atoms with Crippen LogP contribution < -0.4 is 0 Å². The first kappa shape index (κ1) is 15.9. The van der Waals surface area contributed by atoms with Crippen molar-refractivity contribution in [3.8, 4) is 0 Å². The Morgan fingerprint density at radius 1 is 1.17 bits per heavy atom. The maximum Gasteiger partial charge on any atom is 0.222 e. The van der Waals surface area contributed by atoms with Gasteiger partial charge in [0.1, 0.15) is 0 Å². The van der Waals surface area contributed by atoms with E-state index in [1.807, 2.05) is 7.05 Å².